The summed E-state index contributed by atoms with van der Waals surface area (Å²) < 4.78 is 0. The zero-order valence-corrected chi connectivity index (χ0v) is 15.1. The van der Waals surface area contributed by atoms with Gasteiger partial charge in [-0.25, -0.2) is 4.90 Å². The van der Waals surface area contributed by atoms with Gasteiger partial charge in [0.1, 0.15) is 0 Å². The van der Waals surface area contributed by atoms with Crippen LogP contribution in [0, 0.1) is 6.92 Å². The van der Waals surface area contributed by atoms with Crippen LogP contribution in [-0.4, -0.2) is 35.8 Å². The van der Waals surface area contributed by atoms with E-state index in [0.717, 1.165) is 31.5 Å². The van der Waals surface area contributed by atoms with Crippen molar-refractivity contribution in [2.45, 2.75) is 38.1 Å². The summed E-state index contributed by atoms with van der Waals surface area (Å²) in [7, 11) is 0. The van der Waals surface area contributed by atoms with E-state index < -0.39 is 0 Å². The molecule has 0 bridgehead atoms. The standard InChI is InChI=1S/C22H24N2O2/c1-16-7-9-19(10-8-16)24-21(25)15-20(22(24)26)23-13-11-18(12-14-23)17-5-3-2-4-6-17/h2-10,18,20H,11-15H2,1H3/t20-/m0/s1. The summed E-state index contributed by atoms with van der Waals surface area (Å²) in [5.74, 6) is 0.388. The van der Waals surface area contributed by atoms with Crippen LogP contribution in [0.5, 0.6) is 0 Å². The van der Waals surface area contributed by atoms with Gasteiger partial charge in [0.15, 0.2) is 0 Å². The maximum Gasteiger partial charge on any atom is 0.251 e. The zero-order valence-electron chi connectivity index (χ0n) is 15.1. The molecule has 2 aromatic carbocycles. The third kappa shape index (κ3) is 3.17. The molecule has 0 unspecified atom stereocenters. The first-order valence-electron chi connectivity index (χ1n) is 9.36. The van der Waals surface area contributed by atoms with Crippen molar-refractivity contribution in [3.8, 4) is 0 Å². The van der Waals surface area contributed by atoms with Crippen LogP contribution < -0.4 is 4.90 Å². The van der Waals surface area contributed by atoms with Crippen LogP contribution in [0.25, 0.3) is 0 Å². The Kier molecular flexibility index (Phi) is 4.60. The lowest BCUT2D eigenvalue weighted by atomic mass is 9.89. The molecule has 26 heavy (non-hydrogen) atoms. The van der Waals surface area contributed by atoms with Crippen molar-refractivity contribution in [3.63, 3.8) is 0 Å². The summed E-state index contributed by atoms with van der Waals surface area (Å²) in [5.41, 5.74) is 3.18. The summed E-state index contributed by atoms with van der Waals surface area (Å²) in [6.45, 7) is 3.73. The van der Waals surface area contributed by atoms with Crippen LogP contribution in [0.4, 0.5) is 5.69 Å². The van der Waals surface area contributed by atoms with Gasteiger partial charge in [-0.05, 0) is 56.5 Å². The highest BCUT2D eigenvalue weighted by Crippen LogP contribution is 2.32. The minimum atomic E-state index is -0.305. The molecule has 2 aromatic rings. The first kappa shape index (κ1) is 17.0. The van der Waals surface area contributed by atoms with Crippen LogP contribution in [0.15, 0.2) is 54.6 Å². The van der Waals surface area contributed by atoms with Gasteiger partial charge in [-0.2, -0.15) is 0 Å². The third-order valence-corrected chi connectivity index (χ3v) is 5.66. The molecule has 2 aliphatic rings. The highest BCUT2D eigenvalue weighted by atomic mass is 16.2. The van der Waals surface area contributed by atoms with Crippen molar-refractivity contribution in [2.24, 2.45) is 0 Å². The largest absolute Gasteiger partial charge is 0.291 e. The molecule has 2 fully saturated rings. The lowest BCUT2D eigenvalue weighted by molar-refractivity contribution is -0.123. The maximum absolute atomic E-state index is 12.9. The first-order chi connectivity index (χ1) is 12.6. The summed E-state index contributed by atoms with van der Waals surface area (Å²) >= 11 is 0. The second kappa shape index (κ2) is 7.04. The second-order valence-corrected chi connectivity index (χ2v) is 7.34. The Morgan fingerprint density at radius 3 is 2.19 bits per heavy atom. The number of benzene rings is 2. The number of carbonyl (C=O) groups is 2. The topological polar surface area (TPSA) is 40.6 Å². The summed E-state index contributed by atoms with van der Waals surface area (Å²) in [5, 5.41) is 0. The van der Waals surface area contributed by atoms with Crippen LogP contribution in [0.2, 0.25) is 0 Å². The Hall–Kier alpha value is -2.46. The van der Waals surface area contributed by atoms with E-state index >= 15 is 0 Å². The Bertz CT molecular complexity index is 793. The SMILES string of the molecule is Cc1ccc(N2C(=O)C[C@H](N3CCC(c4ccccc4)CC3)C2=O)cc1. The molecule has 134 valence electrons. The summed E-state index contributed by atoms with van der Waals surface area (Å²) in [6, 6.07) is 17.9. The number of aryl methyl sites for hydroxylation is 1. The van der Waals surface area contributed by atoms with E-state index in [9.17, 15) is 9.59 Å². The quantitative estimate of drug-likeness (QED) is 0.797. The fourth-order valence-electron chi connectivity index (χ4n) is 4.14. The van der Waals surface area contributed by atoms with Gasteiger partial charge in [0.2, 0.25) is 5.91 Å². The Morgan fingerprint density at radius 1 is 0.885 bits per heavy atom. The van der Waals surface area contributed by atoms with Gasteiger partial charge in [0, 0.05) is 0 Å². The lowest BCUT2D eigenvalue weighted by Crippen LogP contribution is -2.45. The molecule has 0 radical (unpaired) electrons. The van der Waals surface area contributed by atoms with Crippen LogP contribution in [0.3, 0.4) is 0 Å². The molecule has 0 N–H and O–H groups in total. The van der Waals surface area contributed by atoms with Gasteiger partial charge in [-0.15, -0.1) is 0 Å². The number of carbonyl (C=O) groups excluding carboxylic acids is 2. The summed E-state index contributed by atoms with van der Waals surface area (Å²) in [4.78, 5) is 29.0. The van der Waals surface area contributed by atoms with E-state index in [4.69, 9.17) is 0 Å². The molecule has 2 amide bonds. The van der Waals surface area contributed by atoms with E-state index in [1.54, 1.807) is 0 Å². The number of rotatable bonds is 3. The highest BCUT2D eigenvalue weighted by molar-refractivity contribution is 6.22. The number of imide groups is 1. The van der Waals surface area contributed by atoms with E-state index in [2.05, 4.69) is 29.2 Å². The van der Waals surface area contributed by atoms with Crippen molar-refractivity contribution in [1.29, 1.82) is 0 Å². The van der Waals surface area contributed by atoms with Crippen LogP contribution in [0.1, 0.15) is 36.3 Å². The molecule has 2 aliphatic heterocycles. The van der Waals surface area contributed by atoms with Crippen LogP contribution >= 0.6 is 0 Å². The maximum atomic E-state index is 12.9. The van der Waals surface area contributed by atoms with Gasteiger partial charge in [-0.1, -0.05) is 48.0 Å². The number of amides is 2. The van der Waals surface area contributed by atoms with Gasteiger partial charge in [0.25, 0.3) is 5.91 Å². The Morgan fingerprint density at radius 2 is 1.54 bits per heavy atom. The monoisotopic (exact) mass is 348 g/mol. The van der Waals surface area contributed by atoms with E-state index in [-0.39, 0.29) is 17.9 Å². The number of piperidine rings is 1. The van der Waals surface area contributed by atoms with Gasteiger partial charge in [-0.3, -0.25) is 14.5 Å². The van der Waals surface area contributed by atoms with Crippen molar-refractivity contribution in [3.05, 3.63) is 65.7 Å². The predicted molar refractivity (Wildman–Crippen MR) is 102 cm³/mol. The fourth-order valence-corrected chi connectivity index (χ4v) is 4.14. The molecular weight excluding hydrogens is 324 g/mol. The van der Waals surface area contributed by atoms with Gasteiger partial charge >= 0.3 is 0 Å². The smallest absolute Gasteiger partial charge is 0.251 e. The molecular formula is C22H24N2O2. The molecule has 1 atom stereocenters. The van der Waals surface area contributed by atoms with Gasteiger partial charge < -0.3 is 0 Å². The molecule has 0 spiro atoms. The summed E-state index contributed by atoms with van der Waals surface area (Å²) in [6.07, 6.45) is 2.36. The van der Waals surface area contributed by atoms with E-state index in [1.807, 2.05) is 37.3 Å². The normalized spacial score (nSPS) is 22.2. The van der Waals surface area contributed by atoms with E-state index in [0.29, 0.717) is 18.0 Å². The van der Waals surface area contributed by atoms with Crippen molar-refractivity contribution < 1.29 is 9.59 Å². The van der Waals surface area contributed by atoms with Crippen molar-refractivity contribution in [1.82, 2.24) is 4.90 Å². The fraction of sp³-hybridized carbons (Fsp3) is 0.364. The average molecular weight is 348 g/mol. The zero-order chi connectivity index (χ0) is 18.1. The lowest BCUT2D eigenvalue weighted by Gasteiger charge is -2.35. The number of likely N-dealkylation sites (tertiary alicyclic amines) is 1. The van der Waals surface area contributed by atoms with Gasteiger partial charge in [0.05, 0.1) is 18.2 Å². The molecule has 2 heterocycles. The Labute approximate surface area is 154 Å². The number of hydrogen-bond donors (Lipinski definition) is 0. The number of anilines is 1. The van der Waals surface area contributed by atoms with Crippen molar-refractivity contribution >= 4 is 17.5 Å². The second-order valence-electron chi connectivity index (χ2n) is 7.34. The first-order valence-corrected chi connectivity index (χ1v) is 9.36. The van der Waals surface area contributed by atoms with Crippen molar-refractivity contribution in [2.75, 3.05) is 18.0 Å². The average Bonchev–Trinajstić information content (AvgIpc) is 2.98. The molecule has 2 saturated heterocycles. The van der Waals surface area contributed by atoms with Crippen LogP contribution in [-0.2, 0) is 9.59 Å². The number of nitrogens with zero attached hydrogens (tertiary/aromatic N) is 2. The Balaban J connectivity index is 1.44. The minimum absolute atomic E-state index is 0.0722. The number of hydrogen-bond acceptors (Lipinski definition) is 3. The molecule has 4 rings (SSSR count). The third-order valence-electron chi connectivity index (χ3n) is 5.66. The molecule has 0 aromatic heterocycles. The molecule has 0 aliphatic carbocycles. The molecule has 0 saturated carbocycles. The minimum Gasteiger partial charge on any atom is -0.291 e. The highest BCUT2D eigenvalue weighted by Gasteiger charge is 2.43. The predicted octanol–water partition coefficient (Wildman–Crippen LogP) is 3.51. The molecule has 4 heteroatoms. The molecule has 4 nitrogen and oxygen atoms in total. The van der Waals surface area contributed by atoms with E-state index in [1.165, 1.54) is 10.5 Å².